The number of hydrogen-bond acceptors (Lipinski definition) is 2. The highest BCUT2D eigenvalue weighted by Gasteiger charge is 2.13. The van der Waals surface area contributed by atoms with Gasteiger partial charge in [0.25, 0.3) is 0 Å². The summed E-state index contributed by atoms with van der Waals surface area (Å²) in [5.74, 6) is 1.75. The molecule has 0 spiro atoms. The second-order valence-electron chi connectivity index (χ2n) is 6.16. The summed E-state index contributed by atoms with van der Waals surface area (Å²) in [7, 11) is 0. The summed E-state index contributed by atoms with van der Waals surface area (Å²) >= 11 is 0. The lowest BCUT2D eigenvalue weighted by Crippen LogP contribution is -2.05. The van der Waals surface area contributed by atoms with E-state index in [1.807, 2.05) is 6.92 Å². The lowest BCUT2D eigenvalue weighted by molar-refractivity contribution is 0.218. The zero-order chi connectivity index (χ0) is 15.9. The van der Waals surface area contributed by atoms with Crippen molar-refractivity contribution >= 4 is 11.0 Å². The molecular weight excluding hydrogens is 272 g/mol. The van der Waals surface area contributed by atoms with Crippen molar-refractivity contribution in [3.8, 4) is 5.75 Å². The van der Waals surface area contributed by atoms with Gasteiger partial charge >= 0.3 is 0 Å². The molecule has 3 heteroatoms. The van der Waals surface area contributed by atoms with Crippen LogP contribution in [0, 0.1) is 27.7 Å². The number of benzene rings is 2. The third-order valence-corrected chi connectivity index (χ3v) is 4.01. The third kappa shape index (κ3) is 2.84. The fraction of sp³-hybridized carbons (Fsp3) is 0.316. The van der Waals surface area contributed by atoms with E-state index < -0.39 is 0 Å². The minimum absolute atomic E-state index is 0.116. The van der Waals surface area contributed by atoms with E-state index in [2.05, 4.69) is 68.0 Å². The van der Waals surface area contributed by atoms with E-state index in [0.29, 0.717) is 0 Å². The topological polar surface area (TPSA) is 37.9 Å². The van der Waals surface area contributed by atoms with E-state index in [-0.39, 0.29) is 6.10 Å². The largest absolute Gasteiger partial charge is 0.483 e. The molecule has 1 N–H and O–H groups in total. The summed E-state index contributed by atoms with van der Waals surface area (Å²) in [6.07, 6.45) is -0.116. The third-order valence-electron chi connectivity index (χ3n) is 4.01. The van der Waals surface area contributed by atoms with Crippen LogP contribution in [-0.2, 0) is 0 Å². The molecule has 0 aliphatic heterocycles. The molecule has 0 saturated carbocycles. The van der Waals surface area contributed by atoms with Gasteiger partial charge in [0.05, 0.1) is 11.0 Å². The molecule has 0 radical (unpaired) electrons. The Labute approximate surface area is 131 Å². The molecule has 3 rings (SSSR count). The first-order valence-electron chi connectivity index (χ1n) is 7.64. The van der Waals surface area contributed by atoms with Crippen LogP contribution in [0.25, 0.3) is 11.0 Å². The second kappa shape index (κ2) is 5.48. The van der Waals surface area contributed by atoms with E-state index in [1.54, 1.807) is 0 Å². The van der Waals surface area contributed by atoms with E-state index in [0.717, 1.165) is 22.6 Å². The van der Waals surface area contributed by atoms with E-state index in [4.69, 9.17) is 4.74 Å². The summed E-state index contributed by atoms with van der Waals surface area (Å²) in [6.45, 7) is 10.4. The summed E-state index contributed by atoms with van der Waals surface area (Å²) in [6, 6.07) is 10.5. The number of aromatic nitrogens is 2. The molecular formula is C19H22N2O. The monoisotopic (exact) mass is 294 g/mol. The van der Waals surface area contributed by atoms with Crippen LogP contribution in [-0.4, -0.2) is 9.97 Å². The molecule has 0 aliphatic carbocycles. The van der Waals surface area contributed by atoms with Crippen LogP contribution in [0.3, 0.4) is 0 Å². The van der Waals surface area contributed by atoms with Crippen LogP contribution in [0.5, 0.6) is 5.75 Å². The Morgan fingerprint density at radius 1 is 0.909 bits per heavy atom. The van der Waals surface area contributed by atoms with Gasteiger partial charge in [-0.25, -0.2) is 4.98 Å². The Morgan fingerprint density at radius 3 is 2.23 bits per heavy atom. The fourth-order valence-electron chi connectivity index (χ4n) is 2.74. The van der Waals surface area contributed by atoms with Crippen molar-refractivity contribution in [1.29, 1.82) is 0 Å². The highest BCUT2D eigenvalue weighted by Crippen LogP contribution is 2.25. The maximum Gasteiger partial charge on any atom is 0.153 e. The van der Waals surface area contributed by atoms with Gasteiger partial charge in [0, 0.05) is 0 Å². The van der Waals surface area contributed by atoms with Crippen molar-refractivity contribution in [3.63, 3.8) is 0 Å². The smallest absolute Gasteiger partial charge is 0.153 e. The number of fused-ring (bicyclic) bond motifs is 1. The van der Waals surface area contributed by atoms with Crippen LogP contribution < -0.4 is 4.74 Å². The predicted octanol–water partition coefficient (Wildman–Crippen LogP) is 4.94. The molecule has 0 aliphatic rings. The highest BCUT2D eigenvalue weighted by atomic mass is 16.5. The number of nitrogens with one attached hydrogen (secondary N) is 1. The highest BCUT2D eigenvalue weighted by molar-refractivity contribution is 5.77. The van der Waals surface area contributed by atoms with Gasteiger partial charge in [0.2, 0.25) is 0 Å². The first-order valence-corrected chi connectivity index (χ1v) is 7.64. The van der Waals surface area contributed by atoms with Crippen molar-refractivity contribution in [2.45, 2.75) is 40.7 Å². The normalized spacial score (nSPS) is 12.6. The SMILES string of the molecule is Cc1cc(C)cc(OC(C)c2nc3cc(C)c(C)cc3[nH]2)c1. The summed E-state index contributed by atoms with van der Waals surface area (Å²) in [5, 5.41) is 0. The van der Waals surface area contributed by atoms with Crippen molar-refractivity contribution in [2.24, 2.45) is 0 Å². The van der Waals surface area contributed by atoms with Crippen LogP contribution in [0.15, 0.2) is 30.3 Å². The molecule has 3 aromatic rings. The van der Waals surface area contributed by atoms with Crippen LogP contribution in [0.4, 0.5) is 0 Å². The van der Waals surface area contributed by atoms with Crippen LogP contribution >= 0.6 is 0 Å². The number of rotatable bonds is 3. The number of ether oxygens (including phenoxy) is 1. The molecule has 1 aromatic heterocycles. The lowest BCUT2D eigenvalue weighted by Gasteiger charge is -2.13. The molecule has 2 aromatic carbocycles. The molecule has 0 amide bonds. The maximum atomic E-state index is 6.06. The Balaban J connectivity index is 1.90. The first-order chi connectivity index (χ1) is 10.4. The second-order valence-corrected chi connectivity index (χ2v) is 6.16. The summed E-state index contributed by atoms with van der Waals surface area (Å²) in [5.41, 5.74) is 7.00. The quantitative estimate of drug-likeness (QED) is 0.743. The van der Waals surface area contributed by atoms with Gasteiger partial charge in [0.15, 0.2) is 6.10 Å². The minimum Gasteiger partial charge on any atom is -0.483 e. The molecule has 0 saturated heterocycles. The predicted molar refractivity (Wildman–Crippen MR) is 90.5 cm³/mol. The number of aryl methyl sites for hydroxylation is 4. The number of aromatic amines is 1. The van der Waals surface area contributed by atoms with Crippen LogP contribution in [0.2, 0.25) is 0 Å². The fourth-order valence-corrected chi connectivity index (χ4v) is 2.74. The van der Waals surface area contributed by atoms with Gasteiger partial charge in [-0.3, -0.25) is 0 Å². The number of hydrogen-bond donors (Lipinski definition) is 1. The first kappa shape index (κ1) is 14.6. The zero-order valence-electron chi connectivity index (χ0n) is 13.8. The average molecular weight is 294 g/mol. The van der Waals surface area contributed by atoms with E-state index >= 15 is 0 Å². The maximum absolute atomic E-state index is 6.06. The van der Waals surface area contributed by atoms with E-state index in [1.165, 1.54) is 22.3 Å². The molecule has 3 nitrogen and oxygen atoms in total. The Bertz CT molecular complexity index is 774. The van der Waals surface area contributed by atoms with Gasteiger partial charge in [-0.1, -0.05) is 6.07 Å². The number of H-pyrrole nitrogens is 1. The van der Waals surface area contributed by atoms with Gasteiger partial charge < -0.3 is 9.72 Å². The number of imidazole rings is 1. The number of nitrogens with zero attached hydrogens (tertiary/aromatic N) is 1. The van der Waals surface area contributed by atoms with E-state index in [9.17, 15) is 0 Å². The minimum atomic E-state index is -0.116. The molecule has 0 bridgehead atoms. The molecule has 114 valence electrons. The van der Waals surface area contributed by atoms with Gasteiger partial charge in [-0.2, -0.15) is 0 Å². The zero-order valence-corrected chi connectivity index (χ0v) is 13.8. The molecule has 1 unspecified atom stereocenters. The van der Waals surface area contributed by atoms with Crippen molar-refractivity contribution in [2.75, 3.05) is 0 Å². The molecule has 1 heterocycles. The molecule has 1 atom stereocenters. The van der Waals surface area contributed by atoms with Gasteiger partial charge in [0.1, 0.15) is 11.6 Å². The Hall–Kier alpha value is -2.29. The standard InChI is InChI=1S/C19H22N2O/c1-11-6-12(2)8-16(7-11)22-15(5)19-20-17-9-13(3)14(4)10-18(17)21-19/h6-10,15H,1-5H3,(H,20,21). The summed E-state index contributed by atoms with van der Waals surface area (Å²) < 4.78 is 6.06. The van der Waals surface area contributed by atoms with Crippen molar-refractivity contribution in [1.82, 2.24) is 9.97 Å². The van der Waals surface area contributed by atoms with Crippen molar-refractivity contribution in [3.05, 3.63) is 58.4 Å². The van der Waals surface area contributed by atoms with Crippen LogP contribution in [0.1, 0.15) is 41.1 Å². The molecule has 22 heavy (non-hydrogen) atoms. The average Bonchev–Trinajstić information content (AvgIpc) is 2.81. The summed E-state index contributed by atoms with van der Waals surface area (Å²) in [4.78, 5) is 8.05. The van der Waals surface area contributed by atoms with Crippen molar-refractivity contribution < 1.29 is 4.74 Å². The molecule has 0 fully saturated rings. The van der Waals surface area contributed by atoms with Gasteiger partial charge in [-0.15, -0.1) is 0 Å². The Morgan fingerprint density at radius 2 is 1.55 bits per heavy atom. The lowest BCUT2D eigenvalue weighted by atomic mass is 10.1. The Kier molecular flexibility index (Phi) is 3.65. The van der Waals surface area contributed by atoms with Gasteiger partial charge in [-0.05, 0) is 81.1 Å².